The molecule has 1 amide bonds. The van der Waals surface area contributed by atoms with Gasteiger partial charge in [0, 0.05) is 6.42 Å². The van der Waals surface area contributed by atoms with Gasteiger partial charge in [0.05, 0.1) is 24.5 Å². The molecule has 5 nitrogen and oxygen atoms in total. The number of hydrogen-bond acceptors (Lipinski definition) is 5. The number of carbonyl (C=O) groups is 1. The highest BCUT2D eigenvalue weighted by atomic mass is 32.2. The van der Waals surface area contributed by atoms with E-state index in [-0.39, 0.29) is 24.0 Å². The summed E-state index contributed by atoms with van der Waals surface area (Å²) in [7, 11) is 0. The Morgan fingerprint density at radius 3 is 2.96 bits per heavy atom. The molecule has 1 atom stereocenters. The number of aliphatic hydroxyl groups is 1. The van der Waals surface area contributed by atoms with Crippen LogP contribution in [0.15, 0.2) is 34.7 Å². The van der Waals surface area contributed by atoms with Gasteiger partial charge < -0.3 is 19.6 Å². The number of aliphatic hydroxyl groups excluding tert-OH is 1. The molecule has 0 saturated heterocycles. The molecule has 1 saturated carbocycles. The van der Waals surface area contributed by atoms with E-state index in [1.54, 1.807) is 17.8 Å². The van der Waals surface area contributed by atoms with Gasteiger partial charge in [0.2, 0.25) is 0 Å². The third-order valence-corrected chi connectivity index (χ3v) is 5.73. The molecule has 0 radical (unpaired) electrons. The predicted molar refractivity (Wildman–Crippen MR) is 101 cm³/mol. The Kier molecular flexibility index (Phi) is 4.96. The van der Waals surface area contributed by atoms with Crippen molar-refractivity contribution >= 4 is 17.7 Å². The number of carbonyl (C=O) groups excluding carboxylic acids is 1. The van der Waals surface area contributed by atoms with E-state index in [9.17, 15) is 9.90 Å². The van der Waals surface area contributed by atoms with Crippen molar-refractivity contribution in [3.05, 3.63) is 53.0 Å². The van der Waals surface area contributed by atoms with Crippen LogP contribution in [-0.4, -0.2) is 30.0 Å². The highest BCUT2D eigenvalue weighted by Gasteiger charge is 2.36. The summed E-state index contributed by atoms with van der Waals surface area (Å²) in [5.41, 5.74) is 2.25. The number of amides is 1. The molecule has 138 valence electrons. The molecule has 4 rings (SSSR count). The zero-order valence-electron chi connectivity index (χ0n) is 14.7. The van der Waals surface area contributed by atoms with Crippen LogP contribution in [0, 0.1) is 5.92 Å². The average Bonchev–Trinajstić information content (AvgIpc) is 3.26. The number of fused-ring (bicyclic) bond motifs is 1. The molecule has 1 unspecified atom stereocenters. The van der Waals surface area contributed by atoms with Crippen molar-refractivity contribution in [3.8, 4) is 5.75 Å². The van der Waals surface area contributed by atoms with Crippen molar-refractivity contribution in [2.75, 3.05) is 12.9 Å². The Morgan fingerprint density at radius 2 is 2.19 bits per heavy atom. The van der Waals surface area contributed by atoms with E-state index in [4.69, 9.17) is 9.15 Å². The van der Waals surface area contributed by atoms with E-state index in [0.717, 1.165) is 29.2 Å². The van der Waals surface area contributed by atoms with Crippen molar-refractivity contribution in [3.63, 3.8) is 0 Å². The highest BCUT2D eigenvalue weighted by molar-refractivity contribution is 7.97. The van der Waals surface area contributed by atoms with Gasteiger partial charge in [-0.15, -0.1) is 0 Å². The molecule has 0 spiro atoms. The molecule has 2 aromatic rings. The highest BCUT2D eigenvalue weighted by Crippen LogP contribution is 2.40. The molecule has 1 fully saturated rings. The fourth-order valence-electron chi connectivity index (χ4n) is 3.71. The fraction of sp³-hybridized carbons (Fsp3) is 0.450. The minimum atomic E-state index is -0.269. The Hall–Kier alpha value is -1.92. The Bertz CT molecular complexity index is 797. The standard InChI is InChI=1S/C20H23NO4S/c1-26-11-16-3-5-18(25-16)20(23)21-19(14-9-15(22)10-14)13-2-4-17-12(8-13)6-7-24-17/h2-5,8,14-15,19,22H,6-7,9-11H2,1H3,(H,21,23). The summed E-state index contributed by atoms with van der Waals surface area (Å²) in [6.45, 7) is 0.711. The average molecular weight is 373 g/mol. The summed E-state index contributed by atoms with van der Waals surface area (Å²) < 4.78 is 11.2. The third kappa shape index (κ3) is 3.48. The molecular weight excluding hydrogens is 350 g/mol. The first kappa shape index (κ1) is 17.5. The number of ether oxygens (including phenoxy) is 1. The van der Waals surface area contributed by atoms with Crippen LogP contribution in [-0.2, 0) is 12.2 Å². The van der Waals surface area contributed by atoms with E-state index in [1.807, 2.05) is 24.5 Å². The molecular formula is C20H23NO4S. The summed E-state index contributed by atoms with van der Waals surface area (Å²) >= 11 is 1.65. The number of nitrogens with one attached hydrogen (secondary N) is 1. The molecule has 1 aromatic heterocycles. The lowest BCUT2D eigenvalue weighted by Crippen LogP contribution is -2.41. The first-order valence-corrected chi connectivity index (χ1v) is 10.4. The molecule has 2 aliphatic rings. The summed E-state index contributed by atoms with van der Waals surface area (Å²) in [5, 5.41) is 12.9. The summed E-state index contributed by atoms with van der Waals surface area (Å²) in [4.78, 5) is 12.7. The Labute approximate surface area is 157 Å². The maximum Gasteiger partial charge on any atom is 0.287 e. The minimum Gasteiger partial charge on any atom is -0.493 e. The second-order valence-electron chi connectivity index (χ2n) is 7.00. The van der Waals surface area contributed by atoms with Crippen LogP contribution in [0.3, 0.4) is 0 Å². The largest absolute Gasteiger partial charge is 0.493 e. The van der Waals surface area contributed by atoms with Crippen LogP contribution >= 0.6 is 11.8 Å². The zero-order valence-corrected chi connectivity index (χ0v) is 15.6. The Balaban J connectivity index is 1.54. The van der Waals surface area contributed by atoms with Crippen LogP contribution in [0.1, 0.15) is 46.3 Å². The van der Waals surface area contributed by atoms with Gasteiger partial charge in [-0.1, -0.05) is 6.07 Å². The molecule has 2 N–H and O–H groups in total. The second kappa shape index (κ2) is 7.37. The lowest BCUT2D eigenvalue weighted by atomic mass is 9.75. The van der Waals surface area contributed by atoms with Crippen LogP contribution in [0.5, 0.6) is 5.75 Å². The van der Waals surface area contributed by atoms with Crippen molar-refractivity contribution in [2.24, 2.45) is 5.92 Å². The maximum atomic E-state index is 12.7. The maximum absolute atomic E-state index is 12.7. The monoisotopic (exact) mass is 373 g/mol. The fourth-order valence-corrected chi connectivity index (χ4v) is 4.15. The first-order chi connectivity index (χ1) is 12.6. The van der Waals surface area contributed by atoms with Gasteiger partial charge in [-0.25, -0.2) is 0 Å². The lowest BCUT2D eigenvalue weighted by Gasteiger charge is -2.38. The SMILES string of the molecule is CSCc1ccc(C(=O)NC(c2ccc3c(c2)CCO3)C2CC(O)C2)o1. The van der Waals surface area contributed by atoms with E-state index in [2.05, 4.69) is 11.4 Å². The molecule has 0 bridgehead atoms. The molecule has 2 heterocycles. The van der Waals surface area contributed by atoms with Gasteiger partial charge in [-0.05, 0) is 60.4 Å². The van der Waals surface area contributed by atoms with E-state index in [0.29, 0.717) is 25.2 Å². The molecule has 6 heteroatoms. The number of benzene rings is 1. The number of thioether (sulfide) groups is 1. The molecule has 1 aliphatic heterocycles. The van der Waals surface area contributed by atoms with Gasteiger partial charge in [-0.3, -0.25) is 4.79 Å². The number of furan rings is 1. The van der Waals surface area contributed by atoms with Crippen LogP contribution in [0.4, 0.5) is 0 Å². The molecule has 26 heavy (non-hydrogen) atoms. The number of hydrogen-bond donors (Lipinski definition) is 2. The lowest BCUT2D eigenvalue weighted by molar-refractivity contribution is 0.0232. The second-order valence-corrected chi connectivity index (χ2v) is 7.87. The molecule has 1 aliphatic carbocycles. The van der Waals surface area contributed by atoms with Crippen molar-refractivity contribution < 1.29 is 19.1 Å². The summed E-state index contributed by atoms with van der Waals surface area (Å²) in [6, 6.07) is 9.56. The van der Waals surface area contributed by atoms with Crippen LogP contribution in [0.2, 0.25) is 0 Å². The van der Waals surface area contributed by atoms with E-state index >= 15 is 0 Å². The minimum absolute atomic E-state index is 0.133. The van der Waals surface area contributed by atoms with Gasteiger partial charge in [0.15, 0.2) is 5.76 Å². The summed E-state index contributed by atoms with van der Waals surface area (Å²) in [5.74, 6) is 2.84. The van der Waals surface area contributed by atoms with E-state index in [1.165, 1.54) is 5.56 Å². The van der Waals surface area contributed by atoms with Gasteiger partial charge >= 0.3 is 0 Å². The van der Waals surface area contributed by atoms with Crippen LogP contribution in [0.25, 0.3) is 0 Å². The van der Waals surface area contributed by atoms with Gasteiger partial charge in [-0.2, -0.15) is 11.8 Å². The summed E-state index contributed by atoms with van der Waals surface area (Å²) in [6.07, 6.45) is 4.03. The first-order valence-electron chi connectivity index (χ1n) is 8.96. The van der Waals surface area contributed by atoms with E-state index < -0.39 is 0 Å². The molecule has 1 aromatic carbocycles. The third-order valence-electron chi connectivity index (χ3n) is 5.15. The topological polar surface area (TPSA) is 71.7 Å². The number of rotatable bonds is 6. The van der Waals surface area contributed by atoms with Crippen molar-refractivity contribution in [2.45, 2.75) is 37.2 Å². The van der Waals surface area contributed by atoms with Gasteiger partial charge in [0.25, 0.3) is 5.91 Å². The smallest absolute Gasteiger partial charge is 0.287 e. The predicted octanol–water partition coefficient (Wildman–Crippen LogP) is 3.32. The van der Waals surface area contributed by atoms with Crippen molar-refractivity contribution in [1.82, 2.24) is 5.32 Å². The van der Waals surface area contributed by atoms with Crippen LogP contribution < -0.4 is 10.1 Å². The normalized spacial score (nSPS) is 22.2. The van der Waals surface area contributed by atoms with Crippen molar-refractivity contribution in [1.29, 1.82) is 0 Å². The van der Waals surface area contributed by atoms with Gasteiger partial charge in [0.1, 0.15) is 11.5 Å². The Morgan fingerprint density at radius 1 is 1.35 bits per heavy atom. The zero-order chi connectivity index (χ0) is 18.1. The quantitative estimate of drug-likeness (QED) is 0.813.